The van der Waals surface area contributed by atoms with E-state index in [2.05, 4.69) is 30.5 Å². The van der Waals surface area contributed by atoms with Gasteiger partial charge in [-0.1, -0.05) is 15.9 Å². The van der Waals surface area contributed by atoms with E-state index >= 15 is 0 Å². The average Bonchev–Trinajstić information content (AvgIpc) is 3.03. The maximum atomic E-state index is 12.5. The number of methoxy groups -OCH3 is 1. The van der Waals surface area contributed by atoms with Crippen LogP contribution in [0.3, 0.4) is 0 Å². The second kappa shape index (κ2) is 8.03. The van der Waals surface area contributed by atoms with Crippen LogP contribution in [0.1, 0.15) is 10.5 Å². The Balaban J connectivity index is 1.75. The Morgan fingerprint density at radius 1 is 1.07 bits per heavy atom. The topological polar surface area (TPSA) is 99.5 Å². The standard InChI is InChI=1S/C18H16BrN3O5S/c1-22-16(18(23)26-2)11-17(20-22)21-28(24,25)15-9-7-14(8-10-15)27-13-5-3-12(19)4-6-13/h3-11H,1-2H3,(H,20,21). The number of hydrogen-bond donors (Lipinski definition) is 1. The molecular weight excluding hydrogens is 450 g/mol. The first-order chi connectivity index (χ1) is 13.3. The molecule has 8 nitrogen and oxygen atoms in total. The molecule has 146 valence electrons. The Morgan fingerprint density at radius 2 is 1.64 bits per heavy atom. The van der Waals surface area contributed by atoms with Gasteiger partial charge >= 0.3 is 5.97 Å². The molecule has 0 aliphatic rings. The van der Waals surface area contributed by atoms with Crippen molar-refractivity contribution >= 4 is 37.7 Å². The van der Waals surface area contributed by atoms with Crippen molar-refractivity contribution in [1.29, 1.82) is 0 Å². The van der Waals surface area contributed by atoms with Crippen LogP contribution in [0.4, 0.5) is 5.82 Å². The van der Waals surface area contributed by atoms with Crippen LogP contribution in [0, 0.1) is 0 Å². The molecule has 0 saturated carbocycles. The van der Waals surface area contributed by atoms with E-state index < -0.39 is 16.0 Å². The smallest absolute Gasteiger partial charge is 0.356 e. The fourth-order valence-electron chi connectivity index (χ4n) is 2.33. The van der Waals surface area contributed by atoms with E-state index in [1.165, 1.54) is 37.0 Å². The number of esters is 1. The van der Waals surface area contributed by atoms with E-state index in [1.54, 1.807) is 24.3 Å². The van der Waals surface area contributed by atoms with Crippen LogP contribution in [0.25, 0.3) is 0 Å². The van der Waals surface area contributed by atoms with E-state index in [0.29, 0.717) is 11.5 Å². The number of ether oxygens (including phenoxy) is 2. The molecule has 0 spiro atoms. The fourth-order valence-corrected chi connectivity index (χ4v) is 3.59. The monoisotopic (exact) mass is 465 g/mol. The normalized spacial score (nSPS) is 11.1. The minimum atomic E-state index is -3.88. The second-order valence-electron chi connectivity index (χ2n) is 5.66. The SMILES string of the molecule is COC(=O)c1cc(NS(=O)(=O)c2ccc(Oc3ccc(Br)cc3)cc2)nn1C. The number of carbonyl (C=O) groups is 1. The summed E-state index contributed by atoms with van der Waals surface area (Å²) in [4.78, 5) is 11.6. The van der Waals surface area contributed by atoms with E-state index in [4.69, 9.17) is 4.74 Å². The van der Waals surface area contributed by atoms with Crippen molar-refractivity contribution in [3.8, 4) is 11.5 Å². The lowest BCUT2D eigenvalue weighted by atomic mass is 10.3. The van der Waals surface area contributed by atoms with Crippen molar-refractivity contribution in [3.05, 3.63) is 64.8 Å². The number of nitrogens with one attached hydrogen (secondary N) is 1. The molecule has 1 aromatic heterocycles. The quantitative estimate of drug-likeness (QED) is 0.558. The highest BCUT2D eigenvalue weighted by atomic mass is 79.9. The predicted molar refractivity (Wildman–Crippen MR) is 106 cm³/mol. The van der Waals surface area contributed by atoms with Gasteiger partial charge in [-0.15, -0.1) is 0 Å². The number of aromatic nitrogens is 2. The maximum absolute atomic E-state index is 12.5. The van der Waals surface area contributed by atoms with Gasteiger partial charge in [0.2, 0.25) is 0 Å². The van der Waals surface area contributed by atoms with Gasteiger partial charge in [0.1, 0.15) is 17.2 Å². The first-order valence-corrected chi connectivity index (χ1v) is 10.2. The van der Waals surface area contributed by atoms with Crippen LogP contribution in [-0.2, 0) is 21.8 Å². The number of carbonyl (C=O) groups excluding carboxylic acids is 1. The molecule has 0 bridgehead atoms. The van der Waals surface area contributed by atoms with Crippen LogP contribution < -0.4 is 9.46 Å². The number of benzene rings is 2. The maximum Gasteiger partial charge on any atom is 0.356 e. The summed E-state index contributed by atoms with van der Waals surface area (Å²) in [6.45, 7) is 0. The Labute approximate surface area is 170 Å². The third-order valence-electron chi connectivity index (χ3n) is 3.70. The Hall–Kier alpha value is -2.85. The van der Waals surface area contributed by atoms with E-state index in [9.17, 15) is 13.2 Å². The molecule has 0 radical (unpaired) electrons. The van der Waals surface area contributed by atoms with E-state index in [-0.39, 0.29) is 16.4 Å². The molecule has 0 aliphatic carbocycles. The molecule has 10 heteroatoms. The van der Waals surface area contributed by atoms with Gasteiger partial charge < -0.3 is 9.47 Å². The Bertz CT molecular complexity index is 1090. The van der Waals surface area contributed by atoms with Crippen LogP contribution in [0.2, 0.25) is 0 Å². The Morgan fingerprint density at radius 3 is 2.21 bits per heavy atom. The average molecular weight is 466 g/mol. The fraction of sp³-hybridized carbons (Fsp3) is 0.111. The first kappa shape index (κ1) is 19.9. The molecule has 2 aromatic carbocycles. The molecule has 1 heterocycles. The summed E-state index contributed by atoms with van der Waals surface area (Å²) in [6.07, 6.45) is 0. The molecular formula is C18H16BrN3O5S. The predicted octanol–water partition coefficient (Wildman–Crippen LogP) is 3.56. The van der Waals surface area contributed by atoms with Gasteiger partial charge in [-0.3, -0.25) is 9.40 Å². The molecule has 28 heavy (non-hydrogen) atoms. The van der Waals surface area contributed by atoms with Crippen molar-refractivity contribution in [2.24, 2.45) is 7.05 Å². The molecule has 3 aromatic rings. The van der Waals surface area contributed by atoms with Gasteiger partial charge in [0.15, 0.2) is 5.82 Å². The third-order valence-corrected chi connectivity index (χ3v) is 5.60. The number of aryl methyl sites for hydroxylation is 1. The summed E-state index contributed by atoms with van der Waals surface area (Å²) < 4.78 is 39.9. The van der Waals surface area contributed by atoms with Crippen molar-refractivity contribution in [2.45, 2.75) is 4.90 Å². The van der Waals surface area contributed by atoms with E-state index in [0.717, 1.165) is 4.47 Å². The van der Waals surface area contributed by atoms with Gasteiger partial charge in [0.25, 0.3) is 10.0 Å². The minimum Gasteiger partial charge on any atom is -0.464 e. The largest absolute Gasteiger partial charge is 0.464 e. The highest BCUT2D eigenvalue weighted by Gasteiger charge is 2.19. The van der Waals surface area contributed by atoms with Crippen molar-refractivity contribution < 1.29 is 22.7 Å². The number of nitrogens with zero attached hydrogens (tertiary/aromatic N) is 2. The molecule has 0 atom stereocenters. The first-order valence-electron chi connectivity index (χ1n) is 7.97. The van der Waals surface area contributed by atoms with Crippen LogP contribution in [0.5, 0.6) is 11.5 Å². The van der Waals surface area contributed by atoms with Gasteiger partial charge in [0, 0.05) is 17.6 Å². The lowest BCUT2D eigenvalue weighted by molar-refractivity contribution is 0.0588. The summed E-state index contributed by atoms with van der Waals surface area (Å²) >= 11 is 3.35. The summed E-state index contributed by atoms with van der Waals surface area (Å²) in [6, 6.07) is 14.5. The van der Waals surface area contributed by atoms with Crippen molar-refractivity contribution in [2.75, 3.05) is 11.8 Å². The lowest BCUT2D eigenvalue weighted by Gasteiger charge is -2.08. The number of sulfonamides is 1. The van der Waals surface area contributed by atoms with Gasteiger partial charge in [-0.05, 0) is 48.5 Å². The number of rotatable bonds is 6. The van der Waals surface area contributed by atoms with Gasteiger partial charge in [-0.25, -0.2) is 13.2 Å². The second-order valence-corrected chi connectivity index (χ2v) is 8.26. The van der Waals surface area contributed by atoms with Crippen molar-refractivity contribution in [3.63, 3.8) is 0 Å². The highest BCUT2D eigenvalue weighted by molar-refractivity contribution is 9.10. The number of anilines is 1. The van der Waals surface area contributed by atoms with E-state index in [1.807, 2.05) is 12.1 Å². The van der Waals surface area contributed by atoms with Crippen LogP contribution >= 0.6 is 15.9 Å². The van der Waals surface area contributed by atoms with Crippen molar-refractivity contribution in [1.82, 2.24) is 9.78 Å². The van der Waals surface area contributed by atoms with Crippen LogP contribution in [-0.4, -0.2) is 31.3 Å². The molecule has 0 amide bonds. The minimum absolute atomic E-state index is 0.0121. The zero-order valence-electron chi connectivity index (χ0n) is 14.9. The number of halogens is 1. The third kappa shape index (κ3) is 4.52. The summed E-state index contributed by atoms with van der Waals surface area (Å²) in [5.41, 5.74) is 0.124. The zero-order chi connectivity index (χ0) is 20.3. The van der Waals surface area contributed by atoms with Gasteiger partial charge in [-0.2, -0.15) is 5.10 Å². The van der Waals surface area contributed by atoms with Crippen LogP contribution in [0.15, 0.2) is 64.0 Å². The zero-order valence-corrected chi connectivity index (χ0v) is 17.3. The molecule has 0 aliphatic heterocycles. The highest BCUT2D eigenvalue weighted by Crippen LogP contribution is 2.25. The number of hydrogen-bond acceptors (Lipinski definition) is 6. The summed E-state index contributed by atoms with van der Waals surface area (Å²) in [7, 11) is -1.14. The van der Waals surface area contributed by atoms with Gasteiger partial charge in [0.05, 0.1) is 12.0 Å². The summed E-state index contributed by atoms with van der Waals surface area (Å²) in [5.74, 6) is 0.515. The molecule has 1 N–H and O–H groups in total. The molecule has 3 rings (SSSR count). The molecule has 0 unspecified atom stereocenters. The lowest BCUT2D eigenvalue weighted by Crippen LogP contribution is -2.13. The Kier molecular flexibility index (Phi) is 5.71. The molecule has 0 fully saturated rings. The summed E-state index contributed by atoms with van der Waals surface area (Å²) in [5, 5.41) is 3.97. The molecule has 0 saturated heterocycles.